The molecule has 5 rings (SSSR count). The van der Waals surface area contributed by atoms with Crippen molar-refractivity contribution in [2.75, 3.05) is 54.6 Å². The predicted molar refractivity (Wildman–Crippen MR) is 198 cm³/mol. The summed E-state index contributed by atoms with van der Waals surface area (Å²) in [5.41, 5.74) is 2.68. The van der Waals surface area contributed by atoms with E-state index in [1.807, 2.05) is 49.6 Å². The molecule has 7 atom stereocenters. The number of fused-ring (bicyclic) bond motifs is 14. The van der Waals surface area contributed by atoms with Crippen LogP contribution in [0.15, 0.2) is 54.6 Å². The molecule has 0 radical (unpaired) electrons. The van der Waals surface area contributed by atoms with Crippen molar-refractivity contribution in [1.29, 1.82) is 0 Å². The molecule has 9 heteroatoms. The number of hydrogen-bond donors (Lipinski definition) is 1. The molecule has 47 heavy (non-hydrogen) atoms. The van der Waals surface area contributed by atoms with Crippen molar-refractivity contribution >= 4 is 34.0 Å². The Balaban J connectivity index is 1.69. The maximum atomic E-state index is 13.2. The Hall–Kier alpha value is -2.20. The number of carbonyl (C=O) groups is 1. The first-order valence-corrected chi connectivity index (χ1v) is 18.8. The zero-order valence-corrected chi connectivity index (χ0v) is 31.0. The number of hydroxylamine groups is 2. The predicted octanol–water partition coefficient (Wildman–Crippen LogP) is 7.62. The number of likely N-dealkylation sites (N-methyl/N-ethyl adjacent to an activating group) is 2. The van der Waals surface area contributed by atoms with E-state index in [1.54, 1.807) is 7.11 Å². The molecule has 2 heterocycles. The fourth-order valence-electron chi connectivity index (χ4n) is 7.10. The number of methoxy groups -OCH3 is 1. The van der Waals surface area contributed by atoms with Crippen LogP contribution >= 0.6 is 22.3 Å². The Kier molecular flexibility index (Phi) is 14.0. The Bertz CT molecular complexity index is 1370. The summed E-state index contributed by atoms with van der Waals surface area (Å²) in [7, 11) is 7.19. The van der Waals surface area contributed by atoms with E-state index in [0.717, 1.165) is 56.0 Å². The van der Waals surface area contributed by atoms with Crippen LogP contribution < -0.4 is 9.46 Å². The maximum absolute atomic E-state index is 13.2. The fourth-order valence-corrected chi connectivity index (χ4v) is 8.50. The fraction of sp³-hybridized carbons (Fsp3) is 0.579. The normalized spacial score (nSPS) is 30.4. The maximum Gasteiger partial charge on any atom is 0.260 e. The van der Waals surface area contributed by atoms with Gasteiger partial charge in [0.15, 0.2) is 0 Å². The van der Waals surface area contributed by atoms with Gasteiger partial charge in [-0.3, -0.25) is 4.79 Å². The summed E-state index contributed by atoms with van der Waals surface area (Å²) in [5, 5.41) is 2.84. The van der Waals surface area contributed by atoms with E-state index < -0.39 is 16.3 Å². The highest BCUT2D eigenvalue weighted by atomic mass is 35.5. The Morgan fingerprint density at radius 3 is 2.53 bits per heavy atom. The van der Waals surface area contributed by atoms with Crippen LogP contribution in [-0.2, 0) is 16.0 Å². The number of halogens is 1. The first-order chi connectivity index (χ1) is 22.5. The van der Waals surface area contributed by atoms with E-state index in [1.165, 1.54) is 11.1 Å². The molecule has 260 valence electrons. The molecule has 0 saturated heterocycles. The van der Waals surface area contributed by atoms with Crippen LogP contribution in [0, 0.1) is 17.8 Å². The van der Waals surface area contributed by atoms with Crippen LogP contribution in [0.25, 0.3) is 0 Å². The second-order valence-corrected chi connectivity index (χ2v) is 15.8. The topological polar surface area (TPSA) is 63.3 Å². The minimum Gasteiger partial charge on any atom is -0.493 e. The van der Waals surface area contributed by atoms with E-state index in [2.05, 4.69) is 67.6 Å². The quantitative estimate of drug-likeness (QED) is 0.184. The van der Waals surface area contributed by atoms with E-state index in [4.69, 9.17) is 25.9 Å². The SMILES string of the molecule is C=S1NC(=O)c2ccc(cc2)OCC(c2ccc(Cl)cc2CCC)CN(C)CC2CCC2C(CN(C)OC)(OC)/C=C/CC(C)C1C. The summed E-state index contributed by atoms with van der Waals surface area (Å²) < 4.78 is 16.0. The van der Waals surface area contributed by atoms with Crippen molar-refractivity contribution in [2.24, 2.45) is 17.8 Å². The second-order valence-electron chi connectivity index (χ2n) is 13.6. The van der Waals surface area contributed by atoms with E-state index in [9.17, 15) is 4.79 Å². The summed E-state index contributed by atoms with van der Waals surface area (Å²) in [6.45, 7) is 9.57. The first kappa shape index (κ1) is 37.6. The van der Waals surface area contributed by atoms with Crippen molar-refractivity contribution in [3.05, 3.63) is 76.3 Å². The minimum absolute atomic E-state index is 0.114. The monoisotopic (exact) mass is 685 g/mol. The lowest BCUT2D eigenvalue weighted by molar-refractivity contribution is -0.175. The van der Waals surface area contributed by atoms with Crippen LogP contribution in [0.4, 0.5) is 0 Å². The zero-order chi connectivity index (χ0) is 34.1. The molecular weight excluding hydrogens is 630 g/mol. The molecule has 7 nitrogen and oxygen atoms in total. The number of nitrogens with one attached hydrogen (secondary N) is 1. The highest BCUT2D eigenvalue weighted by molar-refractivity contribution is 8.13. The van der Waals surface area contributed by atoms with Crippen LogP contribution in [0.1, 0.15) is 73.9 Å². The van der Waals surface area contributed by atoms with E-state index >= 15 is 0 Å². The van der Waals surface area contributed by atoms with Gasteiger partial charge in [0, 0.05) is 49.0 Å². The Morgan fingerprint density at radius 1 is 1.15 bits per heavy atom. The molecule has 1 N–H and O–H groups in total. The van der Waals surface area contributed by atoms with Crippen molar-refractivity contribution in [3.63, 3.8) is 0 Å². The minimum atomic E-state index is -0.546. The van der Waals surface area contributed by atoms with Gasteiger partial charge in [0.1, 0.15) is 11.4 Å². The third-order valence-corrected chi connectivity index (χ3v) is 12.3. The lowest BCUT2D eigenvalue weighted by atomic mass is 9.64. The molecular formula is C38H56ClN3O4S. The number of carbonyl (C=O) groups excluding carboxylic acids is 1. The molecule has 1 aliphatic carbocycles. The van der Waals surface area contributed by atoms with Gasteiger partial charge in [-0.15, -0.1) is 0 Å². The van der Waals surface area contributed by atoms with Crippen LogP contribution in [0.5, 0.6) is 5.75 Å². The third-order valence-electron chi connectivity index (χ3n) is 10.3. The highest BCUT2D eigenvalue weighted by Gasteiger charge is 2.47. The molecule has 2 aliphatic heterocycles. The number of ether oxygens (including phenoxy) is 2. The van der Waals surface area contributed by atoms with Gasteiger partial charge in [-0.05, 0) is 98.0 Å². The van der Waals surface area contributed by atoms with Crippen LogP contribution in [0.2, 0.25) is 5.02 Å². The molecule has 2 bridgehead atoms. The summed E-state index contributed by atoms with van der Waals surface area (Å²) in [5.74, 6) is 6.27. The summed E-state index contributed by atoms with van der Waals surface area (Å²) in [6, 6.07) is 13.7. The van der Waals surface area contributed by atoms with Crippen LogP contribution in [0.3, 0.4) is 0 Å². The summed E-state index contributed by atoms with van der Waals surface area (Å²) in [4.78, 5) is 21.3. The molecule has 0 spiro atoms. The number of amides is 1. The van der Waals surface area contributed by atoms with Gasteiger partial charge in [0.2, 0.25) is 0 Å². The van der Waals surface area contributed by atoms with Crippen molar-refractivity contribution in [3.8, 4) is 5.75 Å². The van der Waals surface area contributed by atoms with Crippen molar-refractivity contribution < 1.29 is 19.1 Å². The van der Waals surface area contributed by atoms with E-state index in [0.29, 0.717) is 36.5 Å². The average Bonchev–Trinajstić information content (AvgIpc) is 3.04. The molecule has 1 amide bonds. The molecule has 1 saturated carbocycles. The van der Waals surface area contributed by atoms with Gasteiger partial charge in [-0.2, -0.15) is 5.06 Å². The number of aryl methyl sites for hydroxylation is 1. The number of allylic oxidation sites excluding steroid dienone is 1. The van der Waals surface area contributed by atoms with Gasteiger partial charge < -0.3 is 23.9 Å². The van der Waals surface area contributed by atoms with Gasteiger partial charge in [-0.1, -0.05) is 73.6 Å². The van der Waals surface area contributed by atoms with Crippen molar-refractivity contribution in [1.82, 2.24) is 14.7 Å². The molecule has 0 aromatic heterocycles. The van der Waals surface area contributed by atoms with Gasteiger partial charge in [0.05, 0.1) is 20.3 Å². The van der Waals surface area contributed by atoms with Gasteiger partial charge in [0.25, 0.3) is 5.91 Å². The first-order valence-electron chi connectivity index (χ1n) is 17.0. The molecule has 1 fully saturated rings. The number of hydrogen-bond acceptors (Lipinski definition) is 6. The lowest BCUT2D eigenvalue weighted by Gasteiger charge is -2.50. The highest BCUT2D eigenvalue weighted by Crippen LogP contribution is 2.45. The standard InChI is InChI=1S/C38H56ClN3O4S/c1-9-11-30-22-33(39)16-19-35(30)32-24-41(4)23-31-15-20-36(31)38(44-6,26-42(5)45-7)21-10-12-27(2)28(3)47(8)40-37(43)29-13-17-34(18-14-29)46-25-32/h10,13-14,16-19,21-22,27-28,31-32,36H,8-9,11-12,15,20,23-26H2,1-7H3,(H,40,43)/b21-10+. The summed E-state index contributed by atoms with van der Waals surface area (Å²) >= 11 is 6.47. The molecule has 2 aromatic carbocycles. The third kappa shape index (κ3) is 9.71. The van der Waals surface area contributed by atoms with Gasteiger partial charge in [-0.25, -0.2) is 0 Å². The molecule has 3 aliphatic rings. The largest absolute Gasteiger partial charge is 0.493 e. The Morgan fingerprint density at radius 2 is 1.89 bits per heavy atom. The second kappa shape index (κ2) is 17.5. The van der Waals surface area contributed by atoms with E-state index in [-0.39, 0.29) is 17.1 Å². The van der Waals surface area contributed by atoms with Crippen molar-refractivity contribution in [2.45, 2.75) is 69.6 Å². The zero-order valence-electron chi connectivity index (χ0n) is 29.5. The number of benzene rings is 2. The Labute approximate surface area is 291 Å². The van der Waals surface area contributed by atoms with Gasteiger partial charge >= 0.3 is 0 Å². The van der Waals surface area contributed by atoms with Crippen LogP contribution in [-0.4, -0.2) is 87.1 Å². The lowest BCUT2D eigenvalue weighted by Crippen LogP contribution is -2.55. The smallest absolute Gasteiger partial charge is 0.260 e. The number of rotatable bonds is 7. The number of nitrogens with zero attached hydrogens (tertiary/aromatic N) is 2. The average molecular weight is 686 g/mol. The molecule has 7 unspecified atom stereocenters. The molecule has 2 aromatic rings. The summed E-state index contributed by atoms with van der Waals surface area (Å²) in [6.07, 6.45) is 9.70.